The Morgan fingerprint density at radius 2 is 1.43 bits per heavy atom. The first kappa shape index (κ1) is 18.9. The van der Waals surface area contributed by atoms with Gasteiger partial charge in [0, 0.05) is 11.1 Å². The molecule has 1 aromatic rings. The Morgan fingerprint density at radius 1 is 0.957 bits per heavy atom. The van der Waals surface area contributed by atoms with Gasteiger partial charge in [-0.2, -0.15) is 12.6 Å². The van der Waals surface area contributed by atoms with Gasteiger partial charge in [-0.05, 0) is 13.8 Å². The van der Waals surface area contributed by atoms with E-state index in [-0.39, 0.29) is 35.9 Å². The Morgan fingerprint density at radius 3 is 1.87 bits per heavy atom. The lowest BCUT2D eigenvalue weighted by molar-refractivity contribution is -0.158. The molecule has 0 aromatic heterocycles. The van der Waals surface area contributed by atoms with E-state index in [1.807, 2.05) is 0 Å². The Balaban J connectivity index is 3.27. The topological polar surface area (TPSA) is 86.7 Å². The van der Waals surface area contributed by atoms with Gasteiger partial charge in [0.2, 0.25) is 5.92 Å². The predicted molar refractivity (Wildman–Crippen MR) is 85.7 cm³/mol. The third kappa shape index (κ3) is 4.66. The lowest BCUT2D eigenvalue weighted by atomic mass is 9.92. The highest BCUT2D eigenvalue weighted by Gasteiger charge is 2.38. The number of carbonyl (C=O) groups excluding carboxylic acids is 4. The molecule has 1 aromatic carbocycles. The molecule has 0 aliphatic heterocycles. The van der Waals surface area contributed by atoms with Crippen molar-refractivity contribution < 1.29 is 28.7 Å². The maximum absolute atomic E-state index is 12.6. The van der Waals surface area contributed by atoms with Crippen LogP contribution in [0.2, 0.25) is 0 Å². The fourth-order valence-electron chi connectivity index (χ4n) is 1.94. The SMILES string of the molecule is CCOC(=O)C(C(=O)OCC)C(=O)c1ccccc1C(=O)CS. The predicted octanol–water partition coefficient (Wildman–Crippen LogP) is 1.72. The van der Waals surface area contributed by atoms with Crippen LogP contribution in [-0.4, -0.2) is 42.5 Å². The van der Waals surface area contributed by atoms with E-state index >= 15 is 0 Å². The van der Waals surface area contributed by atoms with Crippen LogP contribution in [0, 0.1) is 5.92 Å². The molecule has 23 heavy (non-hydrogen) atoms. The summed E-state index contributed by atoms with van der Waals surface area (Å²) in [5.74, 6) is -5.05. The van der Waals surface area contributed by atoms with Crippen LogP contribution in [0.3, 0.4) is 0 Å². The largest absolute Gasteiger partial charge is 0.465 e. The number of ether oxygens (including phenoxy) is 2. The second kappa shape index (κ2) is 9.09. The molecule has 0 aliphatic rings. The number of carbonyl (C=O) groups is 4. The van der Waals surface area contributed by atoms with Crippen LogP contribution in [0.1, 0.15) is 34.6 Å². The first-order valence-electron chi connectivity index (χ1n) is 7.08. The minimum atomic E-state index is -1.75. The molecule has 0 bridgehead atoms. The fourth-order valence-corrected chi connectivity index (χ4v) is 2.11. The van der Waals surface area contributed by atoms with Crippen molar-refractivity contribution in [2.45, 2.75) is 13.8 Å². The number of esters is 2. The molecule has 124 valence electrons. The maximum atomic E-state index is 12.6. The molecule has 0 amide bonds. The third-order valence-corrected chi connectivity index (χ3v) is 3.23. The number of benzene rings is 1. The molecule has 0 saturated carbocycles. The van der Waals surface area contributed by atoms with E-state index < -0.39 is 23.6 Å². The summed E-state index contributed by atoms with van der Waals surface area (Å²) in [6, 6.07) is 5.94. The summed E-state index contributed by atoms with van der Waals surface area (Å²) in [7, 11) is 0. The molecule has 0 atom stereocenters. The molecule has 0 fully saturated rings. The van der Waals surface area contributed by atoms with Crippen molar-refractivity contribution in [3.63, 3.8) is 0 Å². The number of Topliss-reactive ketones (excluding diaryl/α,β-unsaturated/α-hetero) is 2. The standard InChI is InChI=1S/C16H18O6S/c1-3-21-15(19)13(16(20)22-4-2)14(18)11-8-6-5-7-10(11)12(17)9-23/h5-8,13,23H,3-4,9H2,1-2H3. The molecule has 0 heterocycles. The zero-order valence-electron chi connectivity index (χ0n) is 12.9. The average molecular weight is 338 g/mol. The number of thiol groups is 1. The fraction of sp³-hybridized carbons (Fsp3) is 0.375. The molecule has 7 heteroatoms. The molecule has 0 spiro atoms. The molecule has 6 nitrogen and oxygen atoms in total. The Hall–Kier alpha value is -2.15. The molecular formula is C16H18O6S. The van der Waals surface area contributed by atoms with Crippen LogP contribution in [0.15, 0.2) is 24.3 Å². The van der Waals surface area contributed by atoms with Crippen LogP contribution in [0.4, 0.5) is 0 Å². The molecule has 0 saturated heterocycles. The van der Waals surface area contributed by atoms with Gasteiger partial charge in [0.25, 0.3) is 0 Å². The van der Waals surface area contributed by atoms with Crippen LogP contribution in [0.25, 0.3) is 0 Å². The summed E-state index contributed by atoms with van der Waals surface area (Å²) in [6.07, 6.45) is 0. The van der Waals surface area contributed by atoms with E-state index in [9.17, 15) is 19.2 Å². The van der Waals surface area contributed by atoms with Crippen LogP contribution < -0.4 is 0 Å². The van der Waals surface area contributed by atoms with E-state index in [1.165, 1.54) is 18.2 Å². The van der Waals surface area contributed by atoms with Gasteiger partial charge in [-0.25, -0.2) is 0 Å². The number of hydrogen-bond donors (Lipinski definition) is 1. The highest BCUT2D eigenvalue weighted by Crippen LogP contribution is 2.18. The zero-order valence-corrected chi connectivity index (χ0v) is 13.8. The van der Waals surface area contributed by atoms with E-state index in [1.54, 1.807) is 19.9 Å². The zero-order chi connectivity index (χ0) is 17.4. The highest BCUT2D eigenvalue weighted by molar-refractivity contribution is 7.81. The quantitative estimate of drug-likeness (QED) is 0.336. The lowest BCUT2D eigenvalue weighted by Gasteiger charge is -2.15. The van der Waals surface area contributed by atoms with Crippen molar-refractivity contribution in [3.8, 4) is 0 Å². The minimum Gasteiger partial charge on any atom is -0.465 e. The van der Waals surface area contributed by atoms with Crippen molar-refractivity contribution in [1.82, 2.24) is 0 Å². The number of ketones is 2. The molecule has 0 radical (unpaired) electrons. The lowest BCUT2D eigenvalue weighted by Crippen LogP contribution is -2.35. The third-order valence-electron chi connectivity index (χ3n) is 2.94. The summed E-state index contributed by atoms with van der Waals surface area (Å²) in [5.41, 5.74) is 0.0729. The second-order valence-corrected chi connectivity index (χ2v) is 4.74. The van der Waals surface area contributed by atoms with Gasteiger partial charge < -0.3 is 9.47 Å². The summed E-state index contributed by atoms with van der Waals surface area (Å²) < 4.78 is 9.56. The van der Waals surface area contributed by atoms with E-state index in [4.69, 9.17) is 9.47 Å². The Labute approximate surface area is 139 Å². The van der Waals surface area contributed by atoms with Crippen molar-refractivity contribution in [2.24, 2.45) is 5.92 Å². The van der Waals surface area contributed by atoms with Crippen molar-refractivity contribution in [2.75, 3.05) is 19.0 Å². The number of hydrogen-bond acceptors (Lipinski definition) is 7. The van der Waals surface area contributed by atoms with Gasteiger partial charge in [0.05, 0.1) is 19.0 Å². The van der Waals surface area contributed by atoms with E-state index in [0.29, 0.717) is 0 Å². The van der Waals surface area contributed by atoms with Crippen LogP contribution in [0.5, 0.6) is 0 Å². The molecule has 0 unspecified atom stereocenters. The van der Waals surface area contributed by atoms with Crippen LogP contribution >= 0.6 is 12.6 Å². The molecule has 0 aliphatic carbocycles. The van der Waals surface area contributed by atoms with Gasteiger partial charge in [-0.1, -0.05) is 24.3 Å². The summed E-state index contributed by atoms with van der Waals surface area (Å²) in [5, 5.41) is 0. The van der Waals surface area contributed by atoms with Crippen LogP contribution in [-0.2, 0) is 19.1 Å². The summed E-state index contributed by atoms with van der Waals surface area (Å²) in [6.45, 7) is 3.14. The van der Waals surface area contributed by atoms with Crippen molar-refractivity contribution in [1.29, 1.82) is 0 Å². The van der Waals surface area contributed by atoms with Gasteiger partial charge in [0.1, 0.15) is 0 Å². The minimum absolute atomic E-state index is 0.0131. The van der Waals surface area contributed by atoms with E-state index in [2.05, 4.69) is 12.6 Å². The monoisotopic (exact) mass is 338 g/mol. The van der Waals surface area contributed by atoms with Gasteiger partial charge in [-0.15, -0.1) is 0 Å². The van der Waals surface area contributed by atoms with Gasteiger partial charge in [-0.3, -0.25) is 19.2 Å². The summed E-state index contributed by atoms with van der Waals surface area (Å²) >= 11 is 3.90. The second-order valence-electron chi connectivity index (χ2n) is 4.43. The average Bonchev–Trinajstić information content (AvgIpc) is 2.54. The maximum Gasteiger partial charge on any atom is 0.328 e. The number of rotatable bonds is 8. The Bertz CT molecular complexity index is 592. The normalized spacial score (nSPS) is 10.3. The van der Waals surface area contributed by atoms with Crippen molar-refractivity contribution in [3.05, 3.63) is 35.4 Å². The first-order valence-corrected chi connectivity index (χ1v) is 7.71. The van der Waals surface area contributed by atoms with Gasteiger partial charge in [0.15, 0.2) is 11.6 Å². The first-order chi connectivity index (χ1) is 11.0. The van der Waals surface area contributed by atoms with Gasteiger partial charge >= 0.3 is 11.9 Å². The molecule has 1 rings (SSSR count). The smallest absolute Gasteiger partial charge is 0.328 e. The molecular weight excluding hydrogens is 320 g/mol. The van der Waals surface area contributed by atoms with Crippen molar-refractivity contribution >= 4 is 36.1 Å². The van der Waals surface area contributed by atoms with E-state index in [0.717, 1.165) is 0 Å². The summed E-state index contributed by atoms with van der Waals surface area (Å²) in [4.78, 5) is 48.5. The Kier molecular flexibility index (Phi) is 7.47. The highest BCUT2D eigenvalue weighted by atomic mass is 32.1. The molecule has 0 N–H and O–H groups in total.